The number of nitrogens with two attached hydrogens (primary N) is 1. The van der Waals surface area contributed by atoms with Gasteiger partial charge in [0.25, 0.3) is 0 Å². The van der Waals surface area contributed by atoms with Gasteiger partial charge in [-0.05, 0) is 12.8 Å². The van der Waals surface area contributed by atoms with E-state index in [1.165, 1.54) is 0 Å². The molecule has 0 unspecified atom stereocenters. The van der Waals surface area contributed by atoms with E-state index in [2.05, 4.69) is 12.0 Å². The monoisotopic (exact) mass is 155 g/mol. The van der Waals surface area contributed by atoms with Gasteiger partial charge in [-0.2, -0.15) is 5.10 Å². The molecule has 0 aromatic rings. The van der Waals surface area contributed by atoms with E-state index < -0.39 is 6.03 Å². The quantitative estimate of drug-likeness (QED) is 0.465. The number of hydrazone groups is 1. The van der Waals surface area contributed by atoms with Gasteiger partial charge in [0.05, 0.1) is 0 Å². The van der Waals surface area contributed by atoms with Crippen LogP contribution in [0.1, 0.15) is 19.8 Å². The van der Waals surface area contributed by atoms with E-state index in [1.54, 1.807) is 13.3 Å². The maximum Gasteiger partial charge on any atom is 0.334 e. The van der Waals surface area contributed by atoms with Crippen molar-refractivity contribution in [1.29, 1.82) is 0 Å². The number of urea groups is 1. The van der Waals surface area contributed by atoms with Gasteiger partial charge in [0.2, 0.25) is 0 Å². The second kappa shape index (κ2) is 2.53. The van der Waals surface area contributed by atoms with Crippen LogP contribution in [0.5, 0.6) is 0 Å². The van der Waals surface area contributed by atoms with E-state index >= 15 is 0 Å². The first-order valence-electron chi connectivity index (χ1n) is 3.62. The Balaban J connectivity index is 2.40. The van der Waals surface area contributed by atoms with Gasteiger partial charge >= 0.3 is 6.03 Å². The lowest BCUT2D eigenvalue weighted by Gasteiger charge is -2.06. The Bertz CT molecular complexity index is 196. The van der Waals surface area contributed by atoms with Gasteiger partial charge in [0, 0.05) is 18.7 Å². The molecule has 0 radical (unpaired) electrons. The molecule has 0 aromatic carbocycles. The summed E-state index contributed by atoms with van der Waals surface area (Å²) in [4.78, 5) is 10.5. The van der Waals surface area contributed by atoms with Crippen molar-refractivity contribution >= 4 is 12.2 Å². The van der Waals surface area contributed by atoms with Crippen molar-refractivity contribution in [1.82, 2.24) is 5.01 Å². The van der Waals surface area contributed by atoms with Crippen molar-refractivity contribution < 1.29 is 4.79 Å². The smallest absolute Gasteiger partial charge is 0.334 e. The van der Waals surface area contributed by atoms with E-state index in [0.29, 0.717) is 0 Å². The summed E-state index contributed by atoms with van der Waals surface area (Å²) in [6.45, 7) is 2.10. The Labute approximate surface area is 66.0 Å². The topological polar surface area (TPSA) is 58.7 Å². The Kier molecular flexibility index (Phi) is 1.85. The van der Waals surface area contributed by atoms with Crippen LogP contribution in [0.15, 0.2) is 5.10 Å². The van der Waals surface area contributed by atoms with Crippen LogP contribution in [-0.2, 0) is 0 Å². The molecule has 11 heavy (non-hydrogen) atoms. The van der Waals surface area contributed by atoms with Crippen molar-refractivity contribution in [2.24, 2.45) is 16.3 Å². The predicted molar refractivity (Wildman–Crippen MR) is 43.2 cm³/mol. The number of primary amides is 1. The molecule has 1 saturated carbocycles. The molecule has 1 fully saturated rings. The Morgan fingerprint density at radius 1 is 1.73 bits per heavy atom. The number of hydrogen-bond acceptors (Lipinski definition) is 2. The lowest BCUT2D eigenvalue weighted by molar-refractivity contribution is 0.220. The first-order valence-corrected chi connectivity index (χ1v) is 3.62. The van der Waals surface area contributed by atoms with Gasteiger partial charge in [-0.25, -0.2) is 9.80 Å². The first-order chi connectivity index (χ1) is 5.03. The summed E-state index contributed by atoms with van der Waals surface area (Å²) in [5, 5.41) is 5.03. The van der Waals surface area contributed by atoms with Crippen LogP contribution in [0, 0.1) is 5.41 Å². The molecule has 0 spiro atoms. The molecular formula is C7H13N3O. The fraction of sp³-hybridized carbons (Fsp3) is 0.714. The molecule has 0 bridgehead atoms. The lowest BCUT2D eigenvalue weighted by atomic mass is 10.2. The largest absolute Gasteiger partial charge is 0.350 e. The summed E-state index contributed by atoms with van der Waals surface area (Å²) in [6, 6.07) is -0.523. The van der Waals surface area contributed by atoms with Gasteiger partial charge in [-0.15, -0.1) is 0 Å². The van der Waals surface area contributed by atoms with E-state index in [-0.39, 0.29) is 5.41 Å². The highest BCUT2D eigenvalue weighted by Gasteiger charge is 2.35. The van der Waals surface area contributed by atoms with Crippen LogP contribution < -0.4 is 5.73 Å². The van der Waals surface area contributed by atoms with Gasteiger partial charge in [-0.3, -0.25) is 0 Å². The second-order valence-electron chi connectivity index (χ2n) is 3.26. The number of nitrogens with zero attached hydrogens (tertiary/aromatic N) is 2. The van der Waals surface area contributed by atoms with Crippen molar-refractivity contribution in [3.8, 4) is 0 Å². The average molecular weight is 155 g/mol. The number of hydrogen-bond donors (Lipinski definition) is 1. The average Bonchev–Trinajstić information content (AvgIpc) is 2.64. The fourth-order valence-electron chi connectivity index (χ4n) is 0.609. The number of carbonyl (C=O) groups is 1. The number of rotatable bonds is 2. The molecule has 4 heteroatoms. The molecular weight excluding hydrogens is 142 g/mol. The minimum absolute atomic E-state index is 0.226. The fourth-order valence-corrected chi connectivity index (χ4v) is 0.609. The van der Waals surface area contributed by atoms with Gasteiger partial charge in [0.15, 0.2) is 0 Å². The van der Waals surface area contributed by atoms with Crippen LogP contribution in [0.4, 0.5) is 4.79 Å². The molecule has 0 heterocycles. The maximum absolute atomic E-state index is 10.5. The van der Waals surface area contributed by atoms with Gasteiger partial charge < -0.3 is 5.73 Å². The third kappa shape index (κ3) is 2.22. The Morgan fingerprint density at radius 3 is 2.64 bits per heavy atom. The molecule has 2 amide bonds. The minimum atomic E-state index is -0.523. The van der Waals surface area contributed by atoms with Gasteiger partial charge in [-0.1, -0.05) is 6.92 Å². The zero-order chi connectivity index (χ0) is 8.48. The van der Waals surface area contributed by atoms with Crippen LogP contribution in [-0.4, -0.2) is 24.3 Å². The normalized spacial score (nSPS) is 20.2. The molecule has 4 nitrogen and oxygen atoms in total. The number of carbonyl (C=O) groups excluding carboxylic acids is 1. The van der Waals surface area contributed by atoms with Crippen LogP contribution in [0.25, 0.3) is 0 Å². The third-order valence-electron chi connectivity index (χ3n) is 1.90. The summed E-state index contributed by atoms with van der Waals surface area (Å²) in [5.74, 6) is 0. The standard InChI is InChI=1S/C7H13N3O/c1-7(3-4-7)5-9-10(2)6(8)11/h5H,3-4H2,1-2H3,(H2,8,11)/b9-5+. The minimum Gasteiger partial charge on any atom is -0.350 e. The molecule has 0 saturated heterocycles. The zero-order valence-electron chi connectivity index (χ0n) is 6.87. The van der Waals surface area contributed by atoms with Crippen molar-refractivity contribution in [2.45, 2.75) is 19.8 Å². The summed E-state index contributed by atoms with van der Waals surface area (Å²) >= 11 is 0. The van der Waals surface area contributed by atoms with Crippen molar-refractivity contribution in [2.75, 3.05) is 7.05 Å². The van der Waals surface area contributed by atoms with Crippen molar-refractivity contribution in [3.05, 3.63) is 0 Å². The molecule has 2 N–H and O–H groups in total. The van der Waals surface area contributed by atoms with E-state index in [1.807, 2.05) is 0 Å². The van der Waals surface area contributed by atoms with Gasteiger partial charge in [0.1, 0.15) is 0 Å². The zero-order valence-corrected chi connectivity index (χ0v) is 6.87. The molecule has 0 atom stereocenters. The summed E-state index contributed by atoms with van der Waals surface area (Å²) in [6.07, 6.45) is 4.10. The second-order valence-corrected chi connectivity index (χ2v) is 3.26. The van der Waals surface area contributed by atoms with Crippen LogP contribution in [0.2, 0.25) is 0 Å². The molecule has 1 rings (SSSR count). The Morgan fingerprint density at radius 2 is 2.27 bits per heavy atom. The van der Waals surface area contributed by atoms with E-state index in [0.717, 1.165) is 17.9 Å². The van der Waals surface area contributed by atoms with E-state index in [9.17, 15) is 4.79 Å². The molecule has 0 aliphatic heterocycles. The third-order valence-corrected chi connectivity index (χ3v) is 1.90. The van der Waals surface area contributed by atoms with Crippen molar-refractivity contribution in [3.63, 3.8) is 0 Å². The molecule has 62 valence electrons. The highest BCUT2D eigenvalue weighted by atomic mass is 16.2. The predicted octanol–water partition coefficient (Wildman–Crippen LogP) is 0.783. The first kappa shape index (κ1) is 8.04. The molecule has 1 aliphatic rings. The van der Waals surface area contributed by atoms with Crippen LogP contribution >= 0.6 is 0 Å². The van der Waals surface area contributed by atoms with E-state index in [4.69, 9.17) is 5.73 Å². The maximum atomic E-state index is 10.5. The summed E-state index contributed by atoms with van der Waals surface area (Å²) in [7, 11) is 1.55. The summed E-state index contributed by atoms with van der Waals surface area (Å²) in [5.41, 5.74) is 5.18. The Hall–Kier alpha value is -1.06. The SMILES string of the molecule is CN(/N=C/C1(C)CC1)C(N)=O. The summed E-state index contributed by atoms with van der Waals surface area (Å²) < 4.78 is 0. The number of amides is 2. The highest BCUT2D eigenvalue weighted by Crippen LogP contribution is 2.42. The molecule has 0 aromatic heterocycles. The molecule has 1 aliphatic carbocycles. The lowest BCUT2D eigenvalue weighted by Crippen LogP contribution is -2.27. The van der Waals surface area contributed by atoms with Crippen LogP contribution in [0.3, 0.4) is 0 Å². The highest BCUT2D eigenvalue weighted by molar-refractivity contribution is 5.74.